The first kappa shape index (κ1) is 21.9. The number of likely N-dealkylation sites (tertiary alicyclic amines) is 1. The van der Waals surface area contributed by atoms with Crippen LogP contribution < -0.4 is 10.6 Å². The van der Waals surface area contributed by atoms with Crippen molar-refractivity contribution in [2.75, 3.05) is 30.4 Å². The van der Waals surface area contributed by atoms with Crippen LogP contribution in [0, 0.1) is 0 Å². The molecule has 0 aliphatic carbocycles. The quantitative estimate of drug-likeness (QED) is 0.504. The average Bonchev–Trinajstić information content (AvgIpc) is 3.28. The lowest BCUT2D eigenvalue weighted by Gasteiger charge is -2.24. The molecule has 1 aliphatic heterocycles. The van der Waals surface area contributed by atoms with Gasteiger partial charge in [0, 0.05) is 25.8 Å². The second-order valence-corrected chi connectivity index (χ2v) is 8.09. The summed E-state index contributed by atoms with van der Waals surface area (Å²) < 4.78 is 0. The zero-order chi connectivity index (χ0) is 21.2. The minimum absolute atomic E-state index is 0.00697. The Hall–Kier alpha value is -2.80. The van der Waals surface area contributed by atoms with Gasteiger partial charge in [0.15, 0.2) is 0 Å². The number of hydrogen-bond acceptors (Lipinski definition) is 4. The number of aliphatic imine (C=N–C) groups is 1. The predicted molar refractivity (Wildman–Crippen MR) is 124 cm³/mol. The SMILES string of the molecule is CN=C(CSCC(=O)N1CCC[C@H]1C(=O)NCc1ccccc1)Nc1ccccc1. The highest BCUT2D eigenvalue weighted by Gasteiger charge is 2.33. The van der Waals surface area contributed by atoms with Crippen LogP contribution in [0.3, 0.4) is 0 Å². The number of para-hydroxylation sites is 1. The van der Waals surface area contributed by atoms with Crippen molar-refractivity contribution >= 4 is 35.1 Å². The van der Waals surface area contributed by atoms with Gasteiger partial charge in [-0.1, -0.05) is 48.5 Å². The van der Waals surface area contributed by atoms with Crippen LogP contribution in [0.2, 0.25) is 0 Å². The van der Waals surface area contributed by atoms with Gasteiger partial charge < -0.3 is 15.5 Å². The van der Waals surface area contributed by atoms with E-state index >= 15 is 0 Å². The van der Waals surface area contributed by atoms with Crippen molar-refractivity contribution in [3.8, 4) is 0 Å². The van der Waals surface area contributed by atoms with Crippen molar-refractivity contribution in [2.24, 2.45) is 4.99 Å². The Morgan fingerprint density at radius 1 is 1.07 bits per heavy atom. The van der Waals surface area contributed by atoms with Gasteiger partial charge in [0.05, 0.1) is 11.5 Å². The maximum Gasteiger partial charge on any atom is 0.243 e. The molecule has 0 unspecified atom stereocenters. The van der Waals surface area contributed by atoms with E-state index < -0.39 is 0 Å². The number of thioether (sulfide) groups is 1. The number of carbonyl (C=O) groups excluding carboxylic acids is 2. The van der Waals surface area contributed by atoms with Crippen molar-refractivity contribution in [3.05, 3.63) is 66.2 Å². The van der Waals surface area contributed by atoms with Crippen molar-refractivity contribution < 1.29 is 9.59 Å². The smallest absolute Gasteiger partial charge is 0.243 e. The van der Waals surface area contributed by atoms with Crippen LogP contribution >= 0.6 is 11.8 Å². The van der Waals surface area contributed by atoms with Gasteiger partial charge in [0.25, 0.3) is 0 Å². The third kappa shape index (κ3) is 6.35. The Balaban J connectivity index is 1.45. The molecule has 1 fully saturated rings. The molecule has 2 N–H and O–H groups in total. The predicted octanol–water partition coefficient (Wildman–Crippen LogP) is 3.17. The van der Waals surface area contributed by atoms with Crippen LogP contribution in [0.4, 0.5) is 5.69 Å². The Bertz CT molecular complexity index is 858. The maximum atomic E-state index is 12.7. The Kier molecular flexibility index (Phi) is 8.32. The molecule has 1 aliphatic rings. The van der Waals surface area contributed by atoms with Gasteiger partial charge in [-0.25, -0.2) is 0 Å². The highest BCUT2D eigenvalue weighted by molar-refractivity contribution is 8.00. The molecule has 1 heterocycles. The first-order valence-electron chi connectivity index (χ1n) is 10.1. The van der Waals surface area contributed by atoms with E-state index in [9.17, 15) is 9.59 Å². The van der Waals surface area contributed by atoms with E-state index in [4.69, 9.17) is 0 Å². The molecule has 2 aromatic rings. The van der Waals surface area contributed by atoms with E-state index in [1.165, 1.54) is 11.8 Å². The lowest BCUT2D eigenvalue weighted by atomic mass is 10.2. The maximum absolute atomic E-state index is 12.7. The molecule has 0 radical (unpaired) electrons. The lowest BCUT2D eigenvalue weighted by Crippen LogP contribution is -2.46. The van der Waals surface area contributed by atoms with Crippen molar-refractivity contribution in [3.63, 3.8) is 0 Å². The summed E-state index contributed by atoms with van der Waals surface area (Å²) in [6.45, 7) is 1.12. The van der Waals surface area contributed by atoms with Crippen LogP contribution in [0.5, 0.6) is 0 Å². The molecule has 158 valence electrons. The van der Waals surface area contributed by atoms with Crippen LogP contribution in [-0.2, 0) is 16.1 Å². The number of carbonyl (C=O) groups is 2. The first-order chi connectivity index (χ1) is 14.7. The van der Waals surface area contributed by atoms with Gasteiger partial charge in [-0.05, 0) is 30.5 Å². The summed E-state index contributed by atoms with van der Waals surface area (Å²) in [7, 11) is 1.74. The second kappa shape index (κ2) is 11.4. The summed E-state index contributed by atoms with van der Waals surface area (Å²) in [5, 5.41) is 6.24. The molecule has 0 saturated carbocycles. The summed E-state index contributed by atoms with van der Waals surface area (Å²) >= 11 is 1.51. The Labute approximate surface area is 182 Å². The zero-order valence-electron chi connectivity index (χ0n) is 17.2. The molecule has 30 heavy (non-hydrogen) atoms. The largest absolute Gasteiger partial charge is 0.350 e. The standard InChI is InChI=1S/C23H28N4O2S/c1-24-21(26-19-11-6-3-7-12-19)16-30-17-22(28)27-14-8-13-20(27)23(29)25-15-18-9-4-2-5-10-18/h2-7,9-12,20H,8,13-17H2,1H3,(H,24,26)(H,25,29)/t20-/m0/s1. The fourth-order valence-electron chi connectivity index (χ4n) is 3.40. The van der Waals surface area contributed by atoms with Crippen LogP contribution in [0.25, 0.3) is 0 Å². The van der Waals surface area contributed by atoms with E-state index in [1.807, 2.05) is 60.7 Å². The van der Waals surface area contributed by atoms with Gasteiger partial charge in [0.1, 0.15) is 11.9 Å². The third-order valence-electron chi connectivity index (χ3n) is 4.98. The monoisotopic (exact) mass is 424 g/mol. The Morgan fingerprint density at radius 2 is 1.77 bits per heavy atom. The van der Waals surface area contributed by atoms with E-state index in [0.29, 0.717) is 31.0 Å². The number of rotatable bonds is 8. The summed E-state index contributed by atoms with van der Waals surface area (Å²) in [5.41, 5.74) is 2.02. The normalized spacial score (nSPS) is 16.4. The number of hydrogen-bond donors (Lipinski definition) is 2. The summed E-state index contributed by atoms with van der Waals surface area (Å²) in [5.74, 6) is 1.69. The number of anilines is 1. The van der Waals surface area contributed by atoms with Crippen molar-refractivity contribution in [1.29, 1.82) is 0 Å². The fraction of sp³-hybridized carbons (Fsp3) is 0.348. The van der Waals surface area contributed by atoms with Crippen LogP contribution in [-0.4, -0.2) is 53.7 Å². The topological polar surface area (TPSA) is 73.8 Å². The molecule has 0 spiro atoms. The van der Waals surface area contributed by atoms with Gasteiger partial charge in [-0.2, -0.15) is 0 Å². The molecule has 3 rings (SSSR count). The zero-order valence-corrected chi connectivity index (χ0v) is 18.0. The molecule has 2 amide bonds. The van der Waals surface area contributed by atoms with Crippen LogP contribution in [0.15, 0.2) is 65.7 Å². The Morgan fingerprint density at radius 3 is 2.47 bits per heavy atom. The molecule has 6 nitrogen and oxygen atoms in total. The molecular weight excluding hydrogens is 396 g/mol. The molecule has 7 heteroatoms. The van der Waals surface area contributed by atoms with Crippen molar-refractivity contribution in [2.45, 2.75) is 25.4 Å². The number of nitrogens with one attached hydrogen (secondary N) is 2. The third-order valence-corrected chi connectivity index (χ3v) is 5.91. The highest BCUT2D eigenvalue weighted by Crippen LogP contribution is 2.19. The average molecular weight is 425 g/mol. The second-order valence-electron chi connectivity index (χ2n) is 7.10. The van der Waals surface area contributed by atoms with Gasteiger partial charge in [-0.3, -0.25) is 14.6 Å². The minimum atomic E-state index is -0.372. The minimum Gasteiger partial charge on any atom is -0.350 e. The molecule has 1 atom stereocenters. The summed E-state index contributed by atoms with van der Waals surface area (Å²) in [6, 6.07) is 19.3. The molecule has 2 aromatic carbocycles. The molecule has 1 saturated heterocycles. The number of amides is 2. The summed E-state index contributed by atoms with van der Waals surface area (Å²) in [4.78, 5) is 31.3. The fourth-order valence-corrected chi connectivity index (χ4v) is 4.24. The molecule has 0 bridgehead atoms. The molecular formula is C23H28N4O2S. The lowest BCUT2D eigenvalue weighted by molar-refractivity contribution is -0.136. The number of nitrogens with zero attached hydrogens (tertiary/aromatic N) is 2. The molecule has 0 aromatic heterocycles. The van der Waals surface area contributed by atoms with Crippen LogP contribution in [0.1, 0.15) is 18.4 Å². The van der Waals surface area contributed by atoms with E-state index in [2.05, 4.69) is 15.6 Å². The number of benzene rings is 2. The van der Waals surface area contributed by atoms with Gasteiger partial charge in [-0.15, -0.1) is 11.8 Å². The van der Waals surface area contributed by atoms with E-state index in [1.54, 1.807) is 11.9 Å². The highest BCUT2D eigenvalue weighted by atomic mass is 32.2. The summed E-state index contributed by atoms with van der Waals surface area (Å²) in [6.07, 6.45) is 1.57. The number of amidine groups is 1. The van der Waals surface area contributed by atoms with Gasteiger partial charge >= 0.3 is 0 Å². The van der Waals surface area contributed by atoms with Gasteiger partial charge in [0.2, 0.25) is 11.8 Å². The van der Waals surface area contributed by atoms with E-state index in [0.717, 1.165) is 23.5 Å². The van der Waals surface area contributed by atoms with Crippen molar-refractivity contribution in [1.82, 2.24) is 10.2 Å². The first-order valence-corrected chi connectivity index (χ1v) is 11.3. The van der Waals surface area contributed by atoms with E-state index in [-0.39, 0.29) is 17.9 Å².